The molecule has 2 nitrogen and oxygen atoms in total. The topological polar surface area (TPSA) is 6.48 Å². The van der Waals surface area contributed by atoms with Gasteiger partial charge in [0.25, 0.3) is 0 Å². The Morgan fingerprint density at radius 2 is 0.944 bits per heavy atom. The minimum atomic E-state index is 0.554. The van der Waals surface area contributed by atoms with E-state index in [4.69, 9.17) is 0 Å². The van der Waals surface area contributed by atoms with Crippen molar-refractivity contribution >= 4 is 0 Å². The van der Waals surface area contributed by atoms with Gasteiger partial charge in [-0.25, -0.2) is 0 Å². The van der Waals surface area contributed by atoms with Crippen LogP contribution in [0.25, 0.3) is 0 Å². The van der Waals surface area contributed by atoms with Crippen molar-refractivity contribution in [2.45, 2.75) is 161 Å². The summed E-state index contributed by atoms with van der Waals surface area (Å²) in [6, 6.07) is 11.0. The lowest BCUT2D eigenvalue weighted by atomic mass is 10.0. The molecule has 0 radical (unpaired) electrons. The van der Waals surface area contributed by atoms with Gasteiger partial charge < -0.3 is 9.80 Å². The minimum absolute atomic E-state index is 0.554. The zero-order chi connectivity index (χ0) is 25.5. The summed E-state index contributed by atoms with van der Waals surface area (Å²) < 4.78 is 0. The summed E-state index contributed by atoms with van der Waals surface area (Å²) in [5, 5.41) is 0. The first-order chi connectivity index (χ1) is 17.8. The third kappa shape index (κ3) is 14.3. The average Bonchev–Trinajstić information content (AvgIpc) is 3.27. The predicted molar refractivity (Wildman–Crippen MR) is 160 cm³/mol. The molecule has 36 heavy (non-hydrogen) atoms. The van der Waals surface area contributed by atoms with Crippen molar-refractivity contribution in [3.63, 3.8) is 0 Å². The number of unbranched alkanes of at least 4 members (excludes halogenated alkanes) is 18. The number of benzene rings is 1. The standard InChI is InChI=1S/C34H60N2/c1-3-5-7-9-11-13-15-17-19-24-28-34-35(29-25-20-18-16-14-12-10-8-6-4-2)30-31-36(34)32-33-26-22-21-23-27-33/h21-23,26-27,30-31,34H,3-20,24-25,28-29,32H2,1-2H3. The molecule has 2 heteroatoms. The molecule has 0 saturated carbocycles. The number of nitrogens with zero attached hydrogens (tertiary/aromatic N) is 2. The van der Waals surface area contributed by atoms with Crippen LogP contribution in [0, 0.1) is 0 Å². The highest BCUT2D eigenvalue weighted by molar-refractivity contribution is 5.16. The summed E-state index contributed by atoms with van der Waals surface area (Å²) in [4.78, 5) is 5.25. The first-order valence-electron chi connectivity index (χ1n) is 16.1. The smallest absolute Gasteiger partial charge is 0.101 e. The van der Waals surface area contributed by atoms with Crippen LogP contribution in [0.5, 0.6) is 0 Å². The molecule has 0 aromatic heterocycles. The van der Waals surface area contributed by atoms with E-state index in [2.05, 4.69) is 66.4 Å². The summed E-state index contributed by atoms with van der Waals surface area (Å²) >= 11 is 0. The van der Waals surface area contributed by atoms with Gasteiger partial charge in [0.05, 0.1) is 0 Å². The van der Waals surface area contributed by atoms with Crippen molar-refractivity contribution in [2.24, 2.45) is 0 Å². The molecule has 1 aromatic carbocycles. The van der Waals surface area contributed by atoms with E-state index in [1.165, 1.54) is 147 Å². The summed E-state index contributed by atoms with van der Waals surface area (Å²) in [5.74, 6) is 0. The lowest BCUT2D eigenvalue weighted by molar-refractivity contribution is 0.132. The monoisotopic (exact) mass is 496 g/mol. The Kier molecular flexibility index (Phi) is 18.5. The van der Waals surface area contributed by atoms with Gasteiger partial charge in [0.1, 0.15) is 6.17 Å². The fraction of sp³-hybridized carbons (Fsp3) is 0.765. The molecule has 1 aliphatic rings. The maximum absolute atomic E-state index is 2.65. The highest BCUT2D eigenvalue weighted by atomic mass is 15.4. The van der Waals surface area contributed by atoms with Crippen molar-refractivity contribution in [3.8, 4) is 0 Å². The molecule has 0 amide bonds. The van der Waals surface area contributed by atoms with Crippen molar-refractivity contribution in [1.82, 2.24) is 9.80 Å². The Morgan fingerprint density at radius 1 is 0.500 bits per heavy atom. The van der Waals surface area contributed by atoms with E-state index in [0.717, 1.165) is 6.54 Å². The van der Waals surface area contributed by atoms with Crippen molar-refractivity contribution < 1.29 is 0 Å². The van der Waals surface area contributed by atoms with Crippen LogP contribution >= 0.6 is 0 Å². The summed E-state index contributed by atoms with van der Waals surface area (Å²) in [5.41, 5.74) is 1.43. The van der Waals surface area contributed by atoms with E-state index < -0.39 is 0 Å². The third-order valence-corrected chi connectivity index (χ3v) is 8.01. The molecule has 0 bridgehead atoms. The molecular weight excluding hydrogens is 436 g/mol. The first-order valence-corrected chi connectivity index (χ1v) is 16.1. The van der Waals surface area contributed by atoms with E-state index >= 15 is 0 Å². The number of hydrogen-bond acceptors (Lipinski definition) is 2. The quantitative estimate of drug-likeness (QED) is 0.131. The fourth-order valence-electron chi connectivity index (χ4n) is 5.66. The van der Waals surface area contributed by atoms with Gasteiger partial charge in [-0.3, -0.25) is 0 Å². The summed E-state index contributed by atoms with van der Waals surface area (Å²) in [6.07, 6.45) is 34.9. The van der Waals surface area contributed by atoms with Crippen LogP contribution in [0.1, 0.15) is 154 Å². The Hall–Kier alpha value is -1.44. The molecule has 1 atom stereocenters. The average molecular weight is 497 g/mol. The second-order valence-corrected chi connectivity index (χ2v) is 11.3. The largest absolute Gasteiger partial charge is 0.356 e. The van der Waals surface area contributed by atoms with Crippen molar-refractivity contribution in [2.75, 3.05) is 6.54 Å². The van der Waals surface area contributed by atoms with Gasteiger partial charge in [0.2, 0.25) is 0 Å². The number of hydrogen-bond donors (Lipinski definition) is 0. The van der Waals surface area contributed by atoms with Crippen molar-refractivity contribution in [1.29, 1.82) is 0 Å². The highest BCUT2D eigenvalue weighted by Gasteiger charge is 2.25. The Balaban J connectivity index is 1.64. The molecule has 0 fully saturated rings. The Bertz CT molecular complexity index is 625. The van der Waals surface area contributed by atoms with Gasteiger partial charge in [-0.15, -0.1) is 0 Å². The normalized spacial score (nSPS) is 15.3. The molecular formula is C34H60N2. The molecule has 2 rings (SSSR count). The van der Waals surface area contributed by atoms with Crippen LogP contribution in [0.2, 0.25) is 0 Å². The predicted octanol–water partition coefficient (Wildman–Crippen LogP) is 10.8. The SMILES string of the molecule is CCCCCCCCCCCCC1N(CCCCCCCCCCCC)C=CN1Cc1ccccc1. The Labute approximate surface area is 225 Å². The Morgan fingerprint density at radius 3 is 1.47 bits per heavy atom. The zero-order valence-electron chi connectivity index (χ0n) is 24.3. The number of rotatable bonds is 24. The fourth-order valence-corrected chi connectivity index (χ4v) is 5.66. The molecule has 0 saturated heterocycles. The van der Waals surface area contributed by atoms with Crippen LogP contribution in [0.3, 0.4) is 0 Å². The van der Waals surface area contributed by atoms with E-state index in [0.29, 0.717) is 6.17 Å². The van der Waals surface area contributed by atoms with E-state index in [-0.39, 0.29) is 0 Å². The molecule has 0 N–H and O–H groups in total. The lowest BCUT2D eigenvalue weighted by Gasteiger charge is -2.33. The highest BCUT2D eigenvalue weighted by Crippen LogP contribution is 2.25. The van der Waals surface area contributed by atoms with Gasteiger partial charge in [0, 0.05) is 25.5 Å². The van der Waals surface area contributed by atoms with Crippen LogP contribution in [0.15, 0.2) is 42.7 Å². The molecule has 1 aromatic rings. The van der Waals surface area contributed by atoms with E-state index in [9.17, 15) is 0 Å². The van der Waals surface area contributed by atoms with Gasteiger partial charge >= 0.3 is 0 Å². The van der Waals surface area contributed by atoms with Gasteiger partial charge in [-0.1, -0.05) is 160 Å². The van der Waals surface area contributed by atoms with E-state index in [1.54, 1.807) is 0 Å². The van der Waals surface area contributed by atoms with E-state index in [1.807, 2.05) is 0 Å². The van der Waals surface area contributed by atoms with Crippen molar-refractivity contribution in [3.05, 3.63) is 48.3 Å². The summed E-state index contributed by atoms with van der Waals surface area (Å²) in [7, 11) is 0. The van der Waals surface area contributed by atoms with Crippen LogP contribution in [-0.2, 0) is 6.54 Å². The molecule has 0 spiro atoms. The second-order valence-electron chi connectivity index (χ2n) is 11.3. The molecule has 0 aliphatic carbocycles. The molecule has 1 heterocycles. The first kappa shape index (κ1) is 30.8. The van der Waals surface area contributed by atoms with Gasteiger partial charge in [-0.05, 0) is 24.8 Å². The molecule has 1 unspecified atom stereocenters. The third-order valence-electron chi connectivity index (χ3n) is 8.01. The minimum Gasteiger partial charge on any atom is -0.356 e. The maximum Gasteiger partial charge on any atom is 0.101 e. The molecule has 1 aliphatic heterocycles. The second kappa shape index (κ2) is 21.6. The lowest BCUT2D eigenvalue weighted by Crippen LogP contribution is -2.38. The maximum atomic E-state index is 2.65. The molecule has 206 valence electrons. The van der Waals surface area contributed by atoms with Crippen LogP contribution in [0.4, 0.5) is 0 Å². The zero-order valence-corrected chi connectivity index (χ0v) is 24.3. The van der Waals surface area contributed by atoms with Gasteiger partial charge in [0.15, 0.2) is 0 Å². The van der Waals surface area contributed by atoms with Crippen LogP contribution in [-0.4, -0.2) is 22.5 Å². The van der Waals surface area contributed by atoms with Gasteiger partial charge in [-0.2, -0.15) is 0 Å². The summed E-state index contributed by atoms with van der Waals surface area (Å²) in [6.45, 7) is 6.87. The van der Waals surface area contributed by atoms with Crippen LogP contribution < -0.4 is 0 Å².